The minimum absolute atomic E-state index is 0.136. The molecule has 1 aliphatic rings. The van der Waals surface area contributed by atoms with Gasteiger partial charge in [-0.05, 0) is 6.07 Å². The number of aromatic nitrogens is 2. The topological polar surface area (TPSA) is 70.2 Å². The number of anilines is 1. The van der Waals surface area contributed by atoms with E-state index in [0.29, 0.717) is 5.95 Å². The molecular weight excluding hydrogens is 194 g/mol. The van der Waals surface area contributed by atoms with E-state index in [4.69, 9.17) is 0 Å². The summed E-state index contributed by atoms with van der Waals surface area (Å²) in [6.07, 6.45) is 3.20. The first-order valence-corrected chi connectivity index (χ1v) is 4.90. The van der Waals surface area contributed by atoms with Gasteiger partial charge in [0.15, 0.2) is 0 Å². The van der Waals surface area contributed by atoms with Gasteiger partial charge in [-0.15, -0.1) is 0 Å². The molecule has 0 radical (unpaired) electrons. The first-order chi connectivity index (χ1) is 7.36. The fourth-order valence-electron chi connectivity index (χ4n) is 1.41. The van der Waals surface area contributed by atoms with E-state index < -0.39 is 0 Å². The SMILES string of the molecule is O=C(Nc1ncccn1)N1CCNCC1. The van der Waals surface area contributed by atoms with Crippen molar-refractivity contribution in [2.24, 2.45) is 0 Å². The van der Waals surface area contributed by atoms with Gasteiger partial charge in [-0.3, -0.25) is 5.32 Å². The van der Waals surface area contributed by atoms with Gasteiger partial charge in [0.05, 0.1) is 0 Å². The zero-order valence-corrected chi connectivity index (χ0v) is 8.31. The van der Waals surface area contributed by atoms with Crippen LogP contribution in [0.2, 0.25) is 0 Å². The highest BCUT2D eigenvalue weighted by Crippen LogP contribution is 1.99. The number of nitrogens with one attached hydrogen (secondary N) is 2. The Balaban J connectivity index is 1.91. The van der Waals surface area contributed by atoms with Gasteiger partial charge < -0.3 is 10.2 Å². The molecule has 0 aromatic carbocycles. The van der Waals surface area contributed by atoms with Crippen LogP contribution in [-0.4, -0.2) is 47.1 Å². The number of carbonyl (C=O) groups excluding carboxylic acids is 1. The van der Waals surface area contributed by atoms with Crippen LogP contribution < -0.4 is 10.6 Å². The third-order valence-electron chi connectivity index (χ3n) is 2.19. The van der Waals surface area contributed by atoms with Crippen molar-refractivity contribution < 1.29 is 4.79 Å². The van der Waals surface area contributed by atoms with E-state index in [2.05, 4.69) is 20.6 Å². The second kappa shape index (κ2) is 4.70. The molecule has 15 heavy (non-hydrogen) atoms. The van der Waals surface area contributed by atoms with Gasteiger partial charge in [0.2, 0.25) is 5.95 Å². The molecule has 1 aliphatic heterocycles. The fraction of sp³-hybridized carbons (Fsp3) is 0.444. The average Bonchev–Trinajstić information content (AvgIpc) is 2.31. The van der Waals surface area contributed by atoms with E-state index in [1.807, 2.05) is 0 Å². The van der Waals surface area contributed by atoms with Crippen LogP contribution in [0.15, 0.2) is 18.5 Å². The van der Waals surface area contributed by atoms with Crippen molar-refractivity contribution in [1.82, 2.24) is 20.2 Å². The smallest absolute Gasteiger partial charge is 0.322 e. The highest BCUT2D eigenvalue weighted by atomic mass is 16.2. The Morgan fingerprint density at radius 1 is 1.33 bits per heavy atom. The van der Waals surface area contributed by atoms with Crippen LogP contribution in [0, 0.1) is 0 Å². The molecule has 0 unspecified atom stereocenters. The van der Waals surface area contributed by atoms with E-state index in [9.17, 15) is 4.79 Å². The largest absolute Gasteiger partial charge is 0.324 e. The maximum Gasteiger partial charge on any atom is 0.324 e. The molecule has 1 fully saturated rings. The summed E-state index contributed by atoms with van der Waals surface area (Å²) in [6, 6.07) is 1.57. The average molecular weight is 207 g/mol. The first kappa shape index (κ1) is 9.85. The van der Waals surface area contributed by atoms with Crippen molar-refractivity contribution in [2.75, 3.05) is 31.5 Å². The van der Waals surface area contributed by atoms with Gasteiger partial charge in [0, 0.05) is 38.6 Å². The lowest BCUT2D eigenvalue weighted by molar-refractivity contribution is 0.203. The molecule has 0 bridgehead atoms. The van der Waals surface area contributed by atoms with Crippen LogP contribution in [-0.2, 0) is 0 Å². The van der Waals surface area contributed by atoms with Gasteiger partial charge in [0.25, 0.3) is 0 Å². The minimum atomic E-state index is -0.136. The monoisotopic (exact) mass is 207 g/mol. The van der Waals surface area contributed by atoms with Gasteiger partial charge in [-0.1, -0.05) is 0 Å². The lowest BCUT2D eigenvalue weighted by atomic mass is 10.4. The summed E-state index contributed by atoms with van der Waals surface area (Å²) in [5.74, 6) is 0.348. The molecule has 80 valence electrons. The fourth-order valence-corrected chi connectivity index (χ4v) is 1.41. The third-order valence-corrected chi connectivity index (χ3v) is 2.19. The molecule has 2 rings (SSSR count). The Morgan fingerprint density at radius 3 is 2.67 bits per heavy atom. The Morgan fingerprint density at radius 2 is 2.00 bits per heavy atom. The zero-order valence-electron chi connectivity index (χ0n) is 8.31. The maximum atomic E-state index is 11.7. The molecule has 2 N–H and O–H groups in total. The van der Waals surface area contributed by atoms with E-state index in [1.165, 1.54) is 0 Å². The summed E-state index contributed by atoms with van der Waals surface area (Å²) < 4.78 is 0. The summed E-state index contributed by atoms with van der Waals surface area (Å²) in [5, 5.41) is 5.83. The number of urea groups is 1. The van der Waals surface area contributed by atoms with Crippen molar-refractivity contribution in [2.45, 2.75) is 0 Å². The summed E-state index contributed by atoms with van der Waals surface area (Å²) >= 11 is 0. The van der Waals surface area contributed by atoms with Crippen LogP contribution in [0.25, 0.3) is 0 Å². The van der Waals surface area contributed by atoms with Crippen molar-refractivity contribution in [3.8, 4) is 0 Å². The number of carbonyl (C=O) groups is 1. The lowest BCUT2D eigenvalue weighted by Crippen LogP contribution is -2.48. The predicted molar refractivity (Wildman–Crippen MR) is 55.5 cm³/mol. The standard InChI is InChI=1S/C9H13N5O/c15-9(14-6-4-10-5-7-14)13-8-11-2-1-3-12-8/h1-3,10H,4-7H2,(H,11,12,13,15). The number of piperazine rings is 1. The van der Waals surface area contributed by atoms with Crippen LogP contribution in [0.5, 0.6) is 0 Å². The summed E-state index contributed by atoms with van der Waals surface area (Å²) in [4.78, 5) is 21.3. The summed E-state index contributed by atoms with van der Waals surface area (Å²) in [6.45, 7) is 3.11. The van der Waals surface area contributed by atoms with E-state index in [0.717, 1.165) is 26.2 Å². The molecule has 6 heteroatoms. The van der Waals surface area contributed by atoms with Gasteiger partial charge in [-0.2, -0.15) is 0 Å². The van der Waals surface area contributed by atoms with Crippen molar-refractivity contribution in [3.63, 3.8) is 0 Å². The molecule has 0 spiro atoms. The Hall–Kier alpha value is -1.69. The summed E-state index contributed by atoms with van der Waals surface area (Å²) in [7, 11) is 0. The van der Waals surface area contributed by atoms with Gasteiger partial charge in [-0.25, -0.2) is 14.8 Å². The predicted octanol–water partition coefficient (Wildman–Crippen LogP) is -0.0863. The van der Waals surface area contributed by atoms with Crippen LogP contribution in [0.4, 0.5) is 10.7 Å². The first-order valence-electron chi connectivity index (χ1n) is 4.90. The Kier molecular flexibility index (Phi) is 3.08. The van der Waals surface area contributed by atoms with Crippen molar-refractivity contribution in [1.29, 1.82) is 0 Å². The second-order valence-electron chi connectivity index (χ2n) is 3.24. The molecule has 2 heterocycles. The third kappa shape index (κ3) is 2.63. The molecule has 1 saturated heterocycles. The van der Waals surface area contributed by atoms with Crippen molar-refractivity contribution in [3.05, 3.63) is 18.5 Å². The maximum absolute atomic E-state index is 11.7. The molecule has 1 aromatic heterocycles. The number of rotatable bonds is 1. The zero-order chi connectivity index (χ0) is 10.5. The van der Waals surface area contributed by atoms with Crippen molar-refractivity contribution >= 4 is 12.0 Å². The summed E-state index contributed by atoms with van der Waals surface area (Å²) in [5.41, 5.74) is 0. The number of hydrogen-bond acceptors (Lipinski definition) is 4. The Labute approximate surface area is 87.7 Å². The quantitative estimate of drug-likeness (QED) is 0.675. The molecule has 0 atom stereocenters. The van der Waals surface area contributed by atoms with Crippen LogP contribution in [0.3, 0.4) is 0 Å². The van der Waals surface area contributed by atoms with E-state index in [-0.39, 0.29) is 6.03 Å². The molecule has 0 aliphatic carbocycles. The highest BCUT2D eigenvalue weighted by molar-refractivity contribution is 5.87. The van der Waals surface area contributed by atoms with Gasteiger partial charge >= 0.3 is 6.03 Å². The minimum Gasteiger partial charge on any atom is -0.322 e. The molecule has 2 amide bonds. The lowest BCUT2D eigenvalue weighted by Gasteiger charge is -2.26. The second-order valence-corrected chi connectivity index (χ2v) is 3.24. The van der Waals surface area contributed by atoms with Crippen LogP contribution in [0.1, 0.15) is 0 Å². The Bertz CT molecular complexity index is 323. The highest BCUT2D eigenvalue weighted by Gasteiger charge is 2.16. The number of hydrogen-bond donors (Lipinski definition) is 2. The number of nitrogens with zero attached hydrogens (tertiary/aromatic N) is 3. The van der Waals surface area contributed by atoms with E-state index >= 15 is 0 Å². The molecular formula is C9H13N5O. The number of amides is 2. The van der Waals surface area contributed by atoms with E-state index in [1.54, 1.807) is 23.4 Å². The molecule has 0 saturated carbocycles. The molecule has 6 nitrogen and oxygen atoms in total. The van der Waals surface area contributed by atoms with Gasteiger partial charge in [0.1, 0.15) is 0 Å². The van der Waals surface area contributed by atoms with Crippen LogP contribution >= 0.6 is 0 Å². The normalized spacial score (nSPS) is 16.1. The molecule has 1 aromatic rings.